The van der Waals surface area contributed by atoms with Crippen LogP contribution in [0.3, 0.4) is 0 Å². The summed E-state index contributed by atoms with van der Waals surface area (Å²) in [7, 11) is 1.60. The number of anilines is 1. The summed E-state index contributed by atoms with van der Waals surface area (Å²) in [6.45, 7) is 2.97. The van der Waals surface area contributed by atoms with E-state index in [4.69, 9.17) is 4.74 Å². The summed E-state index contributed by atoms with van der Waals surface area (Å²) >= 11 is 0. The van der Waals surface area contributed by atoms with Crippen molar-refractivity contribution in [1.82, 2.24) is 9.97 Å². The van der Waals surface area contributed by atoms with Crippen molar-refractivity contribution in [3.05, 3.63) is 47.8 Å². The van der Waals surface area contributed by atoms with E-state index in [1.807, 2.05) is 0 Å². The lowest BCUT2D eigenvalue weighted by Crippen LogP contribution is -2.07. The first-order chi connectivity index (χ1) is 8.79. The number of nitrogens with zero attached hydrogens (tertiary/aromatic N) is 2. The van der Waals surface area contributed by atoms with Gasteiger partial charge < -0.3 is 10.1 Å². The molecule has 4 heteroatoms. The first-order valence-electron chi connectivity index (χ1n) is 5.94. The molecule has 2 rings (SSSR count). The van der Waals surface area contributed by atoms with Crippen molar-refractivity contribution in [2.75, 3.05) is 19.0 Å². The predicted octanol–water partition coefficient (Wildman–Crippen LogP) is 2.45. The molecule has 0 fully saturated rings. The monoisotopic (exact) mass is 243 g/mol. The summed E-state index contributed by atoms with van der Waals surface area (Å²) in [6.07, 6.45) is 2.47. The Morgan fingerprint density at radius 1 is 1.22 bits per heavy atom. The van der Waals surface area contributed by atoms with Crippen molar-refractivity contribution in [2.24, 2.45) is 0 Å². The second kappa shape index (κ2) is 6.00. The number of hydrogen-bond donors (Lipinski definition) is 1. The van der Waals surface area contributed by atoms with Crippen LogP contribution < -0.4 is 10.1 Å². The fourth-order valence-corrected chi connectivity index (χ4v) is 1.76. The molecule has 1 aromatic carbocycles. The van der Waals surface area contributed by atoms with Crippen molar-refractivity contribution < 1.29 is 4.74 Å². The van der Waals surface area contributed by atoms with Crippen LogP contribution in [0.4, 0.5) is 5.82 Å². The zero-order chi connectivity index (χ0) is 12.8. The molecule has 1 heterocycles. The molecular weight excluding hydrogens is 226 g/mol. The average Bonchev–Trinajstić information content (AvgIpc) is 2.41. The Bertz CT molecular complexity index is 514. The molecule has 18 heavy (non-hydrogen) atoms. The molecule has 1 aromatic heterocycles. The highest BCUT2D eigenvalue weighted by atomic mass is 16.5. The first-order valence-corrected chi connectivity index (χ1v) is 5.94. The van der Waals surface area contributed by atoms with Gasteiger partial charge in [-0.3, -0.25) is 0 Å². The minimum absolute atomic E-state index is 0.573. The maximum atomic E-state index is 5.05. The van der Waals surface area contributed by atoms with E-state index in [0.717, 1.165) is 18.8 Å². The van der Waals surface area contributed by atoms with Gasteiger partial charge in [-0.1, -0.05) is 24.3 Å². The fourth-order valence-electron chi connectivity index (χ4n) is 1.76. The number of rotatable bonds is 5. The van der Waals surface area contributed by atoms with Gasteiger partial charge in [0.15, 0.2) is 0 Å². The summed E-state index contributed by atoms with van der Waals surface area (Å²) in [5.41, 5.74) is 2.67. The minimum Gasteiger partial charge on any atom is -0.481 e. The van der Waals surface area contributed by atoms with Gasteiger partial charge in [0, 0.05) is 12.6 Å². The van der Waals surface area contributed by atoms with E-state index in [-0.39, 0.29) is 0 Å². The topological polar surface area (TPSA) is 47.0 Å². The minimum atomic E-state index is 0.573. The van der Waals surface area contributed by atoms with Crippen LogP contribution in [-0.2, 0) is 6.42 Å². The lowest BCUT2D eigenvalue weighted by Gasteiger charge is -2.08. The Morgan fingerprint density at radius 3 is 2.83 bits per heavy atom. The average molecular weight is 243 g/mol. The largest absolute Gasteiger partial charge is 0.481 e. The van der Waals surface area contributed by atoms with Crippen LogP contribution in [0, 0.1) is 6.92 Å². The summed E-state index contributed by atoms with van der Waals surface area (Å²) in [5, 5.41) is 3.26. The SMILES string of the molecule is COc1cc(NCCc2ccccc2C)ncn1. The highest BCUT2D eigenvalue weighted by molar-refractivity contribution is 5.37. The Hall–Kier alpha value is -2.10. The number of aryl methyl sites for hydroxylation is 1. The van der Waals surface area contributed by atoms with E-state index in [2.05, 4.69) is 46.5 Å². The first kappa shape index (κ1) is 12.4. The van der Waals surface area contributed by atoms with Crippen LogP contribution in [0.15, 0.2) is 36.7 Å². The zero-order valence-corrected chi connectivity index (χ0v) is 10.7. The van der Waals surface area contributed by atoms with Gasteiger partial charge in [-0.15, -0.1) is 0 Å². The Balaban J connectivity index is 1.90. The van der Waals surface area contributed by atoms with Crippen molar-refractivity contribution in [3.63, 3.8) is 0 Å². The number of benzene rings is 1. The number of nitrogens with one attached hydrogen (secondary N) is 1. The normalized spacial score (nSPS) is 10.1. The Labute approximate surface area is 107 Å². The van der Waals surface area contributed by atoms with E-state index in [1.54, 1.807) is 13.2 Å². The van der Waals surface area contributed by atoms with Crippen LogP contribution in [0.5, 0.6) is 5.88 Å². The van der Waals surface area contributed by atoms with Gasteiger partial charge in [0.1, 0.15) is 12.1 Å². The highest BCUT2D eigenvalue weighted by Crippen LogP contribution is 2.11. The predicted molar refractivity (Wildman–Crippen MR) is 72.0 cm³/mol. The molecule has 0 aliphatic rings. The van der Waals surface area contributed by atoms with Gasteiger partial charge in [0.25, 0.3) is 0 Å². The molecule has 0 aliphatic heterocycles. The van der Waals surface area contributed by atoms with Crippen LogP contribution in [0.2, 0.25) is 0 Å². The van der Waals surface area contributed by atoms with E-state index in [0.29, 0.717) is 5.88 Å². The molecule has 1 N–H and O–H groups in total. The van der Waals surface area contributed by atoms with Gasteiger partial charge in [-0.25, -0.2) is 9.97 Å². The number of ether oxygens (including phenoxy) is 1. The third kappa shape index (κ3) is 3.20. The van der Waals surface area contributed by atoms with Gasteiger partial charge in [-0.2, -0.15) is 0 Å². The lowest BCUT2D eigenvalue weighted by atomic mass is 10.1. The molecule has 0 aliphatic carbocycles. The Morgan fingerprint density at radius 2 is 2.06 bits per heavy atom. The van der Waals surface area contributed by atoms with Gasteiger partial charge in [0.2, 0.25) is 5.88 Å². The molecule has 2 aromatic rings. The van der Waals surface area contributed by atoms with Gasteiger partial charge in [0.05, 0.1) is 7.11 Å². The summed E-state index contributed by atoms with van der Waals surface area (Å²) < 4.78 is 5.05. The molecule has 0 bridgehead atoms. The van der Waals surface area contributed by atoms with Crippen LogP contribution in [0.1, 0.15) is 11.1 Å². The van der Waals surface area contributed by atoms with Crippen molar-refractivity contribution in [3.8, 4) is 5.88 Å². The third-order valence-corrected chi connectivity index (χ3v) is 2.81. The molecule has 0 unspecified atom stereocenters. The molecule has 94 valence electrons. The molecular formula is C14H17N3O. The molecule has 0 atom stereocenters. The van der Waals surface area contributed by atoms with Crippen molar-refractivity contribution in [2.45, 2.75) is 13.3 Å². The van der Waals surface area contributed by atoms with E-state index >= 15 is 0 Å². The maximum Gasteiger partial charge on any atom is 0.218 e. The van der Waals surface area contributed by atoms with E-state index in [9.17, 15) is 0 Å². The van der Waals surface area contributed by atoms with E-state index < -0.39 is 0 Å². The second-order valence-corrected chi connectivity index (χ2v) is 4.05. The summed E-state index contributed by atoms with van der Waals surface area (Å²) in [6, 6.07) is 10.2. The zero-order valence-electron chi connectivity index (χ0n) is 10.7. The summed E-state index contributed by atoms with van der Waals surface area (Å²) in [4.78, 5) is 8.10. The van der Waals surface area contributed by atoms with Crippen LogP contribution in [-0.4, -0.2) is 23.6 Å². The third-order valence-electron chi connectivity index (χ3n) is 2.81. The number of aromatic nitrogens is 2. The fraction of sp³-hybridized carbons (Fsp3) is 0.286. The second-order valence-electron chi connectivity index (χ2n) is 4.05. The standard InChI is InChI=1S/C14H17N3O/c1-11-5-3-4-6-12(11)7-8-15-13-9-14(18-2)17-10-16-13/h3-6,9-10H,7-8H2,1-2H3,(H,15,16,17). The lowest BCUT2D eigenvalue weighted by molar-refractivity contribution is 0.397. The number of hydrogen-bond acceptors (Lipinski definition) is 4. The van der Waals surface area contributed by atoms with Crippen LogP contribution >= 0.6 is 0 Å². The van der Waals surface area contributed by atoms with Gasteiger partial charge >= 0.3 is 0 Å². The van der Waals surface area contributed by atoms with E-state index in [1.165, 1.54) is 17.5 Å². The van der Waals surface area contributed by atoms with Crippen LogP contribution in [0.25, 0.3) is 0 Å². The molecule has 0 spiro atoms. The van der Waals surface area contributed by atoms with Crippen molar-refractivity contribution >= 4 is 5.82 Å². The molecule has 0 radical (unpaired) electrons. The molecule has 0 amide bonds. The molecule has 0 saturated carbocycles. The quantitative estimate of drug-likeness (QED) is 0.876. The number of methoxy groups -OCH3 is 1. The van der Waals surface area contributed by atoms with Gasteiger partial charge in [-0.05, 0) is 24.5 Å². The molecule has 0 saturated heterocycles. The highest BCUT2D eigenvalue weighted by Gasteiger charge is 1.99. The van der Waals surface area contributed by atoms with Crippen molar-refractivity contribution in [1.29, 1.82) is 0 Å². The smallest absolute Gasteiger partial charge is 0.218 e. The summed E-state index contributed by atoms with van der Waals surface area (Å²) in [5.74, 6) is 1.36. The maximum absolute atomic E-state index is 5.05. The molecule has 4 nitrogen and oxygen atoms in total. The Kier molecular flexibility index (Phi) is 4.12.